The van der Waals surface area contributed by atoms with Gasteiger partial charge < -0.3 is 24.3 Å². The van der Waals surface area contributed by atoms with Gasteiger partial charge in [0, 0.05) is 17.4 Å². The Hall–Kier alpha value is -3.40. The molecule has 170 valence electrons. The van der Waals surface area contributed by atoms with Crippen LogP contribution in [0.15, 0.2) is 41.8 Å². The van der Waals surface area contributed by atoms with Gasteiger partial charge in [-0.05, 0) is 30.2 Å². The Kier molecular flexibility index (Phi) is 7.82. The molecule has 2 aromatic carbocycles. The van der Waals surface area contributed by atoms with Gasteiger partial charge in [-0.2, -0.15) is 8.78 Å². The molecule has 1 N–H and O–H groups in total. The van der Waals surface area contributed by atoms with Crippen LogP contribution in [0, 0.1) is 0 Å². The first kappa shape index (κ1) is 23.3. The number of nitrogens with one attached hydrogen (secondary N) is 1. The summed E-state index contributed by atoms with van der Waals surface area (Å²) in [6.45, 7) is -2.94. The summed E-state index contributed by atoms with van der Waals surface area (Å²) in [5.74, 6) is 1.27. The van der Waals surface area contributed by atoms with Gasteiger partial charge in [-0.25, -0.2) is 4.98 Å². The third kappa shape index (κ3) is 5.44. The van der Waals surface area contributed by atoms with Gasteiger partial charge in [0.15, 0.2) is 16.6 Å². The van der Waals surface area contributed by atoms with E-state index >= 15 is 0 Å². The van der Waals surface area contributed by atoms with E-state index in [0.29, 0.717) is 40.1 Å². The predicted octanol–water partition coefficient (Wildman–Crippen LogP) is 5.01. The van der Waals surface area contributed by atoms with E-state index in [2.05, 4.69) is 15.0 Å². The number of anilines is 1. The largest absolute Gasteiger partial charge is 0.493 e. The fourth-order valence-corrected chi connectivity index (χ4v) is 3.85. The highest BCUT2D eigenvalue weighted by Crippen LogP contribution is 2.40. The highest BCUT2D eigenvalue weighted by Gasteiger charge is 2.18. The minimum Gasteiger partial charge on any atom is -0.493 e. The number of methoxy groups -OCH3 is 3. The number of benzene rings is 2. The van der Waals surface area contributed by atoms with Crippen LogP contribution in [0.4, 0.5) is 13.9 Å². The maximum Gasteiger partial charge on any atom is 0.387 e. The summed E-state index contributed by atoms with van der Waals surface area (Å²) in [7, 11) is 4.57. The summed E-state index contributed by atoms with van der Waals surface area (Å²) in [5.41, 5.74) is 1.64. The molecule has 0 aliphatic heterocycles. The molecule has 0 unspecified atom stereocenters. The number of hydrogen-bond donors (Lipinski definition) is 1. The number of aryl methyl sites for hydroxylation is 1. The fourth-order valence-electron chi connectivity index (χ4n) is 3.12. The Morgan fingerprint density at radius 3 is 2.47 bits per heavy atom. The second-order valence-electron chi connectivity index (χ2n) is 6.45. The fraction of sp³-hybridized carbons (Fsp3) is 0.273. The Bertz CT molecular complexity index is 1070. The molecule has 0 aliphatic rings. The smallest absolute Gasteiger partial charge is 0.387 e. The first-order valence-electron chi connectivity index (χ1n) is 9.54. The SMILES string of the molecule is COc1ccc(CCC(=O)Nc2nc(-c3ccccc3OC(F)F)cs2)c(OC)c1OC. The van der Waals surface area contributed by atoms with E-state index in [1.807, 2.05) is 6.07 Å². The monoisotopic (exact) mass is 464 g/mol. The van der Waals surface area contributed by atoms with Crippen molar-refractivity contribution in [2.45, 2.75) is 19.5 Å². The van der Waals surface area contributed by atoms with Crippen LogP contribution in [-0.4, -0.2) is 38.8 Å². The van der Waals surface area contributed by atoms with Crippen molar-refractivity contribution in [3.05, 3.63) is 47.3 Å². The number of nitrogens with zero attached hydrogens (tertiary/aromatic N) is 1. The van der Waals surface area contributed by atoms with Gasteiger partial charge >= 0.3 is 6.61 Å². The molecule has 32 heavy (non-hydrogen) atoms. The van der Waals surface area contributed by atoms with Gasteiger partial charge in [-0.1, -0.05) is 18.2 Å². The molecule has 1 amide bonds. The minimum atomic E-state index is -2.94. The van der Waals surface area contributed by atoms with Crippen LogP contribution >= 0.6 is 11.3 Å². The van der Waals surface area contributed by atoms with Crippen LogP contribution in [0.2, 0.25) is 0 Å². The number of rotatable bonds is 10. The molecule has 10 heteroatoms. The number of para-hydroxylation sites is 1. The lowest BCUT2D eigenvalue weighted by molar-refractivity contribution is -0.116. The van der Waals surface area contributed by atoms with Gasteiger partial charge in [-0.15, -0.1) is 11.3 Å². The number of alkyl halides is 2. The molecule has 0 atom stereocenters. The van der Waals surface area contributed by atoms with Crippen molar-refractivity contribution >= 4 is 22.4 Å². The van der Waals surface area contributed by atoms with Crippen molar-refractivity contribution in [2.24, 2.45) is 0 Å². The van der Waals surface area contributed by atoms with Crippen LogP contribution in [-0.2, 0) is 11.2 Å². The van der Waals surface area contributed by atoms with Gasteiger partial charge in [0.05, 0.1) is 27.0 Å². The number of thiazole rings is 1. The summed E-state index contributed by atoms with van der Waals surface area (Å²) in [6.07, 6.45) is 0.574. The number of carbonyl (C=O) groups excluding carboxylic acids is 1. The van der Waals surface area contributed by atoms with E-state index in [4.69, 9.17) is 14.2 Å². The van der Waals surface area contributed by atoms with Crippen LogP contribution in [0.5, 0.6) is 23.0 Å². The van der Waals surface area contributed by atoms with Crippen LogP contribution in [0.3, 0.4) is 0 Å². The zero-order valence-electron chi connectivity index (χ0n) is 17.7. The Balaban J connectivity index is 1.67. The quantitative estimate of drug-likeness (QED) is 0.455. The van der Waals surface area contributed by atoms with Crippen molar-refractivity contribution in [1.29, 1.82) is 0 Å². The van der Waals surface area contributed by atoms with E-state index in [1.165, 1.54) is 38.7 Å². The molecular weight excluding hydrogens is 442 g/mol. The number of amides is 1. The molecule has 3 aromatic rings. The van der Waals surface area contributed by atoms with Crippen LogP contribution in [0.25, 0.3) is 11.3 Å². The number of aromatic nitrogens is 1. The van der Waals surface area contributed by atoms with Gasteiger partial charge in [-0.3, -0.25) is 4.79 Å². The molecule has 0 saturated carbocycles. The lowest BCUT2D eigenvalue weighted by Gasteiger charge is -2.15. The molecule has 3 rings (SSSR count). The molecule has 0 radical (unpaired) electrons. The molecule has 0 saturated heterocycles. The Labute approximate surface area is 187 Å². The summed E-state index contributed by atoms with van der Waals surface area (Å²) in [4.78, 5) is 16.8. The summed E-state index contributed by atoms with van der Waals surface area (Å²) in [5, 5.41) is 4.76. The topological polar surface area (TPSA) is 78.9 Å². The lowest BCUT2D eigenvalue weighted by Crippen LogP contribution is -2.12. The first-order valence-corrected chi connectivity index (χ1v) is 10.4. The third-order valence-corrected chi connectivity index (χ3v) is 5.29. The zero-order valence-corrected chi connectivity index (χ0v) is 18.5. The maximum absolute atomic E-state index is 12.6. The standard InChI is InChI=1S/C22H22F2N2O5S/c1-28-17-10-8-13(19(29-2)20(17)30-3)9-11-18(27)26-22-25-15(12-32-22)14-6-4-5-7-16(14)31-21(23)24/h4-8,10,12,21H,9,11H2,1-3H3,(H,25,26,27). The number of carbonyl (C=O) groups is 1. The molecule has 0 fully saturated rings. The molecule has 0 bridgehead atoms. The normalized spacial score (nSPS) is 10.7. The molecule has 7 nitrogen and oxygen atoms in total. The summed E-state index contributed by atoms with van der Waals surface area (Å²) in [6, 6.07) is 9.92. The molecule has 0 aliphatic carbocycles. The predicted molar refractivity (Wildman–Crippen MR) is 117 cm³/mol. The highest BCUT2D eigenvalue weighted by molar-refractivity contribution is 7.14. The van der Waals surface area contributed by atoms with Crippen molar-refractivity contribution in [3.63, 3.8) is 0 Å². The van der Waals surface area contributed by atoms with Crippen molar-refractivity contribution in [1.82, 2.24) is 4.98 Å². The van der Waals surface area contributed by atoms with Crippen molar-refractivity contribution < 1.29 is 32.5 Å². The Morgan fingerprint density at radius 2 is 1.78 bits per heavy atom. The van der Waals surface area contributed by atoms with Crippen LogP contribution in [0.1, 0.15) is 12.0 Å². The highest BCUT2D eigenvalue weighted by atomic mass is 32.1. The van der Waals surface area contributed by atoms with Gasteiger partial charge in [0.2, 0.25) is 11.7 Å². The van der Waals surface area contributed by atoms with E-state index in [9.17, 15) is 13.6 Å². The van der Waals surface area contributed by atoms with Crippen molar-refractivity contribution in [2.75, 3.05) is 26.6 Å². The van der Waals surface area contributed by atoms with E-state index in [1.54, 1.807) is 29.6 Å². The average Bonchev–Trinajstić information content (AvgIpc) is 3.24. The minimum absolute atomic E-state index is 0.0197. The third-order valence-electron chi connectivity index (χ3n) is 4.54. The first-order chi connectivity index (χ1) is 15.5. The Morgan fingerprint density at radius 1 is 1.03 bits per heavy atom. The number of halogens is 2. The maximum atomic E-state index is 12.6. The average molecular weight is 464 g/mol. The molecule has 1 heterocycles. The van der Waals surface area contributed by atoms with E-state index in [-0.39, 0.29) is 18.1 Å². The van der Waals surface area contributed by atoms with Gasteiger partial charge in [0.1, 0.15) is 5.75 Å². The lowest BCUT2D eigenvalue weighted by atomic mass is 10.1. The van der Waals surface area contributed by atoms with E-state index < -0.39 is 6.61 Å². The molecule has 1 aromatic heterocycles. The summed E-state index contributed by atoms with van der Waals surface area (Å²) < 4.78 is 45.9. The summed E-state index contributed by atoms with van der Waals surface area (Å²) >= 11 is 1.19. The molecular formula is C22H22F2N2O5S. The second kappa shape index (κ2) is 10.8. The zero-order chi connectivity index (χ0) is 23.1. The van der Waals surface area contributed by atoms with Gasteiger partial charge in [0.25, 0.3) is 0 Å². The van der Waals surface area contributed by atoms with E-state index in [0.717, 1.165) is 5.56 Å². The second-order valence-corrected chi connectivity index (χ2v) is 7.31. The number of ether oxygens (including phenoxy) is 4. The van der Waals surface area contributed by atoms with Crippen LogP contribution < -0.4 is 24.3 Å². The number of hydrogen-bond acceptors (Lipinski definition) is 7. The molecule has 0 spiro atoms. The van der Waals surface area contributed by atoms with Crippen molar-refractivity contribution in [3.8, 4) is 34.3 Å².